The first-order chi connectivity index (χ1) is 8.63. The van der Waals surface area contributed by atoms with Crippen molar-refractivity contribution in [2.75, 3.05) is 6.54 Å². The summed E-state index contributed by atoms with van der Waals surface area (Å²) in [7, 11) is 0. The van der Waals surface area contributed by atoms with Crippen LogP contribution in [0.5, 0.6) is 0 Å². The van der Waals surface area contributed by atoms with E-state index in [0.29, 0.717) is 12.1 Å². The van der Waals surface area contributed by atoms with Gasteiger partial charge in [-0.15, -0.1) is 0 Å². The fourth-order valence-electron chi connectivity index (χ4n) is 1.37. The lowest BCUT2D eigenvalue weighted by atomic mass is 10.1. The number of nitrogens with zero attached hydrogens (tertiary/aromatic N) is 1. The quantitative estimate of drug-likeness (QED) is 0.241. The maximum Gasteiger partial charge on any atom is 0.216 e. The van der Waals surface area contributed by atoms with Gasteiger partial charge in [0.1, 0.15) is 0 Å². The van der Waals surface area contributed by atoms with Gasteiger partial charge in [-0.25, -0.2) is 0 Å². The molecule has 0 saturated carbocycles. The highest BCUT2D eigenvalue weighted by atomic mass is 16.4. The average molecular weight is 247 g/mol. The molecule has 5 heteroatoms. The number of carbonyl (C=O) groups is 1. The lowest BCUT2D eigenvalue weighted by Crippen LogP contribution is -2.20. The van der Waals surface area contributed by atoms with Crippen LogP contribution in [-0.4, -0.2) is 23.5 Å². The van der Waals surface area contributed by atoms with Gasteiger partial charge in [0.05, 0.1) is 0 Å². The van der Waals surface area contributed by atoms with Gasteiger partial charge in [-0.3, -0.25) is 4.79 Å². The molecule has 0 fully saturated rings. The molecule has 96 valence electrons. The van der Waals surface area contributed by atoms with E-state index in [4.69, 9.17) is 10.9 Å². The number of amidine groups is 1. The Bertz CT molecular complexity index is 450. The summed E-state index contributed by atoms with van der Waals surface area (Å²) in [6.45, 7) is 2.13. The van der Waals surface area contributed by atoms with E-state index in [1.54, 1.807) is 12.1 Å². The van der Waals surface area contributed by atoms with Crippen molar-refractivity contribution in [1.29, 1.82) is 0 Å². The van der Waals surface area contributed by atoms with E-state index in [9.17, 15) is 4.79 Å². The summed E-state index contributed by atoms with van der Waals surface area (Å²) >= 11 is 0. The number of oxime groups is 1. The van der Waals surface area contributed by atoms with Crippen LogP contribution in [-0.2, 0) is 4.79 Å². The van der Waals surface area contributed by atoms with Crippen molar-refractivity contribution in [3.63, 3.8) is 0 Å². The molecule has 0 aromatic heterocycles. The zero-order chi connectivity index (χ0) is 13.4. The maximum atomic E-state index is 10.6. The third kappa shape index (κ3) is 4.69. The molecule has 0 aliphatic carbocycles. The molecular weight excluding hydrogens is 230 g/mol. The van der Waals surface area contributed by atoms with Crippen LogP contribution in [0.2, 0.25) is 0 Å². The van der Waals surface area contributed by atoms with Gasteiger partial charge >= 0.3 is 0 Å². The zero-order valence-electron chi connectivity index (χ0n) is 10.3. The number of hydrogen-bond acceptors (Lipinski definition) is 3. The largest absolute Gasteiger partial charge is 0.409 e. The van der Waals surface area contributed by atoms with E-state index in [1.807, 2.05) is 24.3 Å². The van der Waals surface area contributed by atoms with E-state index in [1.165, 1.54) is 6.92 Å². The first-order valence-corrected chi connectivity index (χ1v) is 5.62. The summed E-state index contributed by atoms with van der Waals surface area (Å²) in [6, 6.07) is 7.32. The number of rotatable bonds is 5. The summed E-state index contributed by atoms with van der Waals surface area (Å²) in [5, 5.41) is 14.2. The number of benzene rings is 1. The van der Waals surface area contributed by atoms with Crippen molar-refractivity contribution < 1.29 is 10.0 Å². The van der Waals surface area contributed by atoms with E-state index in [-0.39, 0.29) is 11.7 Å². The minimum Gasteiger partial charge on any atom is -0.409 e. The Morgan fingerprint density at radius 3 is 2.67 bits per heavy atom. The van der Waals surface area contributed by atoms with Crippen LogP contribution in [0.15, 0.2) is 35.5 Å². The van der Waals surface area contributed by atoms with Crippen molar-refractivity contribution in [2.24, 2.45) is 10.9 Å². The summed E-state index contributed by atoms with van der Waals surface area (Å²) in [4.78, 5) is 10.6. The van der Waals surface area contributed by atoms with Crippen LogP contribution in [0.25, 0.3) is 6.08 Å². The molecule has 0 atom stereocenters. The van der Waals surface area contributed by atoms with Gasteiger partial charge in [0.2, 0.25) is 5.91 Å². The van der Waals surface area contributed by atoms with E-state index >= 15 is 0 Å². The molecule has 0 aliphatic heterocycles. The SMILES string of the molecule is CC(=O)NCCC=Cc1ccc(C(N)=NO)cc1. The van der Waals surface area contributed by atoms with Crippen molar-refractivity contribution in [3.05, 3.63) is 41.5 Å². The molecule has 0 saturated heterocycles. The number of nitrogens with two attached hydrogens (primary N) is 1. The third-order valence-electron chi connectivity index (χ3n) is 2.31. The molecular formula is C13H17N3O2. The Balaban J connectivity index is 2.48. The number of carbonyl (C=O) groups excluding carboxylic acids is 1. The van der Waals surface area contributed by atoms with Gasteiger partial charge in [-0.1, -0.05) is 41.6 Å². The van der Waals surface area contributed by atoms with Crippen LogP contribution >= 0.6 is 0 Å². The summed E-state index contributed by atoms with van der Waals surface area (Å²) in [5.74, 6) is 0.0720. The summed E-state index contributed by atoms with van der Waals surface area (Å²) in [5.41, 5.74) is 7.15. The second-order valence-corrected chi connectivity index (χ2v) is 3.78. The first-order valence-electron chi connectivity index (χ1n) is 5.62. The predicted molar refractivity (Wildman–Crippen MR) is 71.3 cm³/mol. The predicted octanol–water partition coefficient (Wildman–Crippen LogP) is 1.32. The van der Waals surface area contributed by atoms with E-state index in [0.717, 1.165) is 12.0 Å². The van der Waals surface area contributed by atoms with Gasteiger partial charge < -0.3 is 16.3 Å². The Kier molecular flexibility index (Phi) is 5.44. The topological polar surface area (TPSA) is 87.7 Å². The van der Waals surface area contributed by atoms with Gasteiger partial charge in [-0.2, -0.15) is 0 Å². The highest BCUT2D eigenvalue weighted by Crippen LogP contribution is 2.06. The minimum atomic E-state index is -0.0217. The molecule has 1 aromatic carbocycles. The Labute approximate surface area is 106 Å². The molecule has 0 unspecified atom stereocenters. The third-order valence-corrected chi connectivity index (χ3v) is 2.31. The van der Waals surface area contributed by atoms with Crippen molar-refractivity contribution in [1.82, 2.24) is 5.32 Å². The number of amides is 1. The first kappa shape index (κ1) is 13.8. The monoisotopic (exact) mass is 247 g/mol. The fourth-order valence-corrected chi connectivity index (χ4v) is 1.37. The van der Waals surface area contributed by atoms with Gasteiger partial charge in [0.15, 0.2) is 5.84 Å². The normalized spacial score (nSPS) is 11.7. The molecule has 0 bridgehead atoms. The molecule has 0 aliphatic rings. The molecule has 0 spiro atoms. The smallest absolute Gasteiger partial charge is 0.216 e. The Morgan fingerprint density at radius 1 is 1.44 bits per heavy atom. The molecule has 5 nitrogen and oxygen atoms in total. The lowest BCUT2D eigenvalue weighted by molar-refractivity contribution is -0.118. The molecule has 4 N–H and O–H groups in total. The second kappa shape index (κ2) is 7.11. The molecule has 0 heterocycles. The average Bonchev–Trinajstić information content (AvgIpc) is 2.38. The van der Waals surface area contributed by atoms with Crippen LogP contribution < -0.4 is 11.1 Å². The summed E-state index contributed by atoms with van der Waals surface area (Å²) in [6.07, 6.45) is 4.72. The van der Waals surface area contributed by atoms with Crippen molar-refractivity contribution in [2.45, 2.75) is 13.3 Å². The van der Waals surface area contributed by atoms with Gasteiger partial charge in [0.25, 0.3) is 0 Å². The van der Waals surface area contributed by atoms with Crippen LogP contribution in [0.1, 0.15) is 24.5 Å². The van der Waals surface area contributed by atoms with Crippen LogP contribution in [0.3, 0.4) is 0 Å². The van der Waals surface area contributed by atoms with E-state index in [2.05, 4.69) is 10.5 Å². The van der Waals surface area contributed by atoms with E-state index < -0.39 is 0 Å². The number of nitrogens with one attached hydrogen (secondary N) is 1. The van der Waals surface area contributed by atoms with Gasteiger partial charge in [-0.05, 0) is 12.0 Å². The Morgan fingerprint density at radius 2 is 2.11 bits per heavy atom. The summed E-state index contributed by atoms with van der Waals surface area (Å²) < 4.78 is 0. The van der Waals surface area contributed by atoms with Crippen molar-refractivity contribution in [3.8, 4) is 0 Å². The van der Waals surface area contributed by atoms with Crippen molar-refractivity contribution >= 4 is 17.8 Å². The fraction of sp³-hybridized carbons (Fsp3) is 0.231. The highest BCUT2D eigenvalue weighted by molar-refractivity contribution is 5.97. The second-order valence-electron chi connectivity index (χ2n) is 3.78. The van der Waals surface area contributed by atoms with Crippen LogP contribution in [0.4, 0.5) is 0 Å². The Hall–Kier alpha value is -2.30. The molecule has 1 aromatic rings. The molecule has 1 amide bonds. The number of hydrogen-bond donors (Lipinski definition) is 3. The molecule has 18 heavy (non-hydrogen) atoms. The minimum absolute atomic E-state index is 0.0217. The van der Waals surface area contributed by atoms with Gasteiger partial charge in [0, 0.05) is 19.0 Å². The van der Waals surface area contributed by atoms with Crippen LogP contribution in [0, 0.1) is 0 Å². The molecule has 0 radical (unpaired) electrons. The zero-order valence-corrected chi connectivity index (χ0v) is 10.3. The lowest BCUT2D eigenvalue weighted by Gasteiger charge is -1.99. The standard InChI is InChI=1S/C13H17N3O2/c1-10(17)15-9-3-2-4-11-5-7-12(8-6-11)13(14)16-18/h2,4-8,18H,3,9H2,1H3,(H2,14,16)(H,15,17). The maximum absolute atomic E-state index is 10.6. The highest BCUT2D eigenvalue weighted by Gasteiger charge is 1.97. The molecule has 1 rings (SSSR count).